The summed E-state index contributed by atoms with van der Waals surface area (Å²) in [5.74, 6) is 0.788. The van der Waals surface area contributed by atoms with Gasteiger partial charge in [0.25, 0.3) is 0 Å². The van der Waals surface area contributed by atoms with E-state index in [2.05, 4.69) is 36.3 Å². The van der Waals surface area contributed by atoms with Crippen LogP contribution in [0.5, 0.6) is 0 Å². The lowest BCUT2D eigenvalue weighted by molar-refractivity contribution is -0.121. The van der Waals surface area contributed by atoms with E-state index in [1.807, 2.05) is 19.9 Å². The predicted octanol–water partition coefficient (Wildman–Crippen LogP) is 1.73. The molecule has 0 spiro atoms. The van der Waals surface area contributed by atoms with Crippen molar-refractivity contribution in [3.8, 4) is 6.07 Å². The van der Waals surface area contributed by atoms with E-state index in [1.165, 1.54) is 6.20 Å². The van der Waals surface area contributed by atoms with Crippen LogP contribution < -0.4 is 10.2 Å². The molecule has 4 heterocycles. The zero-order valence-corrected chi connectivity index (χ0v) is 17.2. The Bertz CT molecular complexity index is 1090. The van der Waals surface area contributed by atoms with Crippen LogP contribution in [0, 0.1) is 25.2 Å². The summed E-state index contributed by atoms with van der Waals surface area (Å²) in [5.41, 5.74) is 3.78. The molecule has 3 aromatic heterocycles. The highest BCUT2D eigenvalue weighted by Gasteiger charge is 2.22. The minimum Gasteiger partial charge on any atom is -0.353 e. The molecule has 0 saturated carbocycles. The molecule has 0 aliphatic carbocycles. The molecule has 0 aromatic carbocycles. The van der Waals surface area contributed by atoms with Crippen molar-refractivity contribution in [2.45, 2.75) is 45.6 Å². The lowest BCUT2D eigenvalue weighted by Crippen LogP contribution is -2.45. The average Bonchev–Trinajstić information content (AvgIpc) is 3.17. The maximum absolute atomic E-state index is 12.5. The van der Waals surface area contributed by atoms with Crippen molar-refractivity contribution in [3.63, 3.8) is 0 Å². The van der Waals surface area contributed by atoms with Crippen molar-refractivity contribution in [3.05, 3.63) is 47.2 Å². The van der Waals surface area contributed by atoms with Crippen LogP contribution in [0.3, 0.4) is 0 Å². The van der Waals surface area contributed by atoms with Crippen LogP contribution in [0.15, 0.2) is 24.7 Å². The first-order valence-corrected chi connectivity index (χ1v) is 10.1. The van der Waals surface area contributed by atoms with Crippen molar-refractivity contribution in [2.24, 2.45) is 0 Å². The SMILES string of the molecule is Cc1nc2c(C#N)cnn2c(C)c1CCC(=O)NC1CCN(c2ncccn2)CC1. The van der Waals surface area contributed by atoms with E-state index in [0.717, 1.165) is 48.8 Å². The number of hydrogen-bond acceptors (Lipinski definition) is 7. The number of amides is 1. The van der Waals surface area contributed by atoms with Gasteiger partial charge in [0.1, 0.15) is 11.6 Å². The van der Waals surface area contributed by atoms with Gasteiger partial charge in [-0.25, -0.2) is 19.5 Å². The van der Waals surface area contributed by atoms with E-state index in [0.29, 0.717) is 24.1 Å². The van der Waals surface area contributed by atoms with E-state index < -0.39 is 0 Å². The van der Waals surface area contributed by atoms with E-state index >= 15 is 0 Å². The van der Waals surface area contributed by atoms with Crippen molar-refractivity contribution in [1.82, 2.24) is 29.9 Å². The van der Waals surface area contributed by atoms with Gasteiger partial charge < -0.3 is 10.2 Å². The smallest absolute Gasteiger partial charge is 0.225 e. The fourth-order valence-electron chi connectivity index (χ4n) is 3.97. The maximum atomic E-state index is 12.5. The second kappa shape index (κ2) is 8.45. The van der Waals surface area contributed by atoms with Crippen LogP contribution in [0.25, 0.3) is 5.65 Å². The fourth-order valence-corrected chi connectivity index (χ4v) is 3.97. The molecule has 1 fully saturated rings. The largest absolute Gasteiger partial charge is 0.353 e. The van der Waals surface area contributed by atoms with Crippen LogP contribution in [-0.2, 0) is 11.2 Å². The van der Waals surface area contributed by atoms with E-state index in [9.17, 15) is 10.1 Å². The molecule has 1 amide bonds. The fraction of sp³-hybridized carbons (Fsp3) is 0.429. The number of piperidine rings is 1. The highest BCUT2D eigenvalue weighted by Crippen LogP contribution is 2.19. The van der Waals surface area contributed by atoms with Gasteiger partial charge in [-0.2, -0.15) is 10.4 Å². The number of nitriles is 1. The Morgan fingerprint density at radius 1 is 1.27 bits per heavy atom. The number of rotatable bonds is 5. The molecule has 3 aromatic rings. The summed E-state index contributed by atoms with van der Waals surface area (Å²) in [6.45, 7) is 5.52. The molecule has 0 bridgehead atoms. The number of aromatic nitrogens is 5. The molecule has 9 nitrogen and oxygen atoms in total. The number of nitrogens with one attached hydrogen (secondary N) is 1. The average molecular weight is 404 g/mol. The first-order chi connectivity index (χ1) is 14.6. The molecular weight excluding hydrogens is 380 g/mol. The predicted molar refractivity (Wildman–Crippen MR) is 111 cm³/mol. The lowest BCUT2D eigenvalue weighted by Gasteiger charge is -2.32. The first kappa shape index (κ1) is 19.8. The van der Waals surface area contributed by atoms with Gasteiger partial charge in [-0.1, -0.05) is 0 Å². The number of anilines is 1. The normalized spacial score (nSPS) is 14.6. The molecule has 1 saturated heterocycles. The number of fused-ring (bicyclic) bond motifs is 1. The summed E-state index contributed by atoms with van der Waals surface area (Å²) in [6.07, 6.45) is 7.75. The Labute approximate surface area is 174 Å². The number of nitrogens with zero attached hydrogens (tertiary/aromatic N) is 7. The lowest BCUT2D eigenvalue weighted by atomic mass is 10.0. The van der Waals surface area contributed by atoms with E-state index in [4.69, 9.17) is 0 Å². The number of hydrogen-bond donors (Lipinski definition) is 1. The molecule has 154 valence electrons. The topological polar surface area (TPSA) is 112 Å². The monoisotopic (exact) mass is 404 g/mol. The number of carbonyl (C=O) groups is 1. The molecule has 9 heteroatoms. The summed E-state index contributed by atoms with van der Waals surface area (Å²) < 4.78 is 1.68. The second-order valence-corrected chi connectivity index (χ2v) is 7.54. The van der Waals surface area contributed by atoms with Gasteiger partial charge in [-0.05, 0) is 44.7 Å². The third kappa shape index (κ3) is 3.94. The van der Waals surface area contributed by atoms with E-state index in [1.54, 1.807) is 16.9 Å². The Morgan fingerprint density at radius 3 is 2.70 bits per heavy atom. The Morgan fingerprint density at radius 2 is 2.00 bits per heavy atom. The third-order valence-electron chi connectivity index (χ3n) is 5.63. The van der Waals surface area contributed by atoms with Gasteiger partial charge in [0, 0.05) is 49.3 Å². The zero-order valence-electron chi connectivity index (χ0n) is 17.2. The quantitative estimate of drug-likeness (QED) is 0.689. The Hall–Kier alpha value is -3.54. The van der Waals surface area contributed by atoms with Gasteiger partial charge in [-0.15, -0.1) is 0 Å². The van der Waals surface area contributed by atoms with Crippen LogP contribution in [-0.4, -0.2) is 49.6 Å². The standard InChI is InChI=1S/C21H24N8O/c1-14-18(15(2)29-20(26-14)16(12-22)13-25-29)4-5-19(30)27-17-6-10-28(11-7-17)21-23-8-3-9-24-21/h3,8-9,13,17H,4-7,10-11H2,1-2H3,(H,27,30). The summed E-state index contributed by atoms with van der Waals surface area (Å²) in [7, 11) is 0. The van der Waals surface area contributed by atoms with Gasteiger partial charge >= 0.3 is 0 Å². The summed E-state index contributed by atoms with van der Waals surface area (Å²) in [6, 6.07) is 4.09. The number of carbonyl (C=O) groups excluding carboxylic acids is 1. The van der Waals surface area contributed by atoms with Gasteiger partial charge in [0.15, 0.2) is 5.65 Å². The van der Waals surface area contributed by atoms with Crippen LogP contribution in [0.1, 0.15) is 41.8 Å². The molecule has 0 unspecified atom stereocenters. The maximum Gasteiger partial charge on any atom is 0.225 e. The van der Waals surface area contributed by atoms with Gasteiger partial charge in [-0.3, -0.25) is 4.79 Å². The minimum atomic E-state index is 0.0430. The molecule has 0 atom stereocenters. The summed E-state index contributed by atoms with van der Waals surface area (Å²) in [4.78, 5) is 27.8. The Kier molecular flexibility index (Phi) is 5.57. The Balaban J connectivity index is 1.33. The molecule has 1 aliphatic heterocycles. The van der Waals surface area contributed by atoms with Crippen LogP contribution >= 0.6 is 0 Å². The molecule has 0 radical (unpaired) electrons. The van der Waals surface area contributed by atoms with Crippen LogP contribution in [0.4, 0.5) is 5.95 Å². The summed E-state index contributed by atoms with van der Waals surface area (Å²) in [5, 5.41) is 16.6. The molecule has 30 heavy (non-hydrogen) atoms. The molecule has 1 aliphatic rings. The van der Waals surface area contributed by atoms with E-state index in [-0.39, 0.29) is 11.9 Å². The molecular formula is C21H24N8O. The molecule has 4 rings (SSSR count). The second-order valence-electron chi connectivity index (χ2n) is 7.54. The highest BCUT2D eigenvalue weighted by molar-refractivity contribution is 5.76. The third-order valence-corrected chi connectivity index (χ3v) is 5.63. The highest BCUT2D eigenvalue weighted by atomic mass is 16.1. The van der Waals surface area contributed by atoms with Crippen molar-refractivity contribution in [1.29, 1.82) is 5.26 Å². The van der Waals surface area contributed by atoms with Gasteiger partial charge in [0.2, 0.25) is 11.9 Å². The summed E-state index contributed by atoms with van der Waals surface area (Å²) >= 11 is 0. The first-order valence-electron chi connectivity index (χ1n) is 10.1. The van der Waals surface area contributed by atoms with Crippen molar-refractivity contribution in [2.75, 3.05) is 18.0 Å². The molecule has 1 N–H and O–H groups in total. The van der Waals surface area contributed by atoms with Crippen molar-refractivity contribution >= 4 is 17.5 Å². The van der Waals surface area contributed by atoms with Crippen LogP contribution in [0.2, 0.25) is 0 Å². The zero-order chi connectivity index (χ0) is 21.1. The minimum absolute atomic E-state index is 0.0430. The number of aryl methyl sites for hydroxylation is 2. The van der Waals surface area contributed by atoms with Gasteiger partial charge in [0.05, 0.1) is 6.20 Å². The van der Waals surface area contributed by atoms with Crippen molar-refractivity contribution < 1.29 is 4.79 Å².